The number of hydrogen-bond acceptors (Lipinski definition) is 6. The van der Waals surface area contributed by atoms with Crippen LogP contribution in [0.5, 0.6) is 0 Å². The van der Waals surface area contributed by atoms with Crippen LogP contribution in [0.4, 0.5) is 0 Å². The lowest BCUT2D eigenvalue weighted by Gasteiger charge is -2.10. The predicted octanol–water partition coefficient (Wildman–Crippen LogP) is 11.4. The van der Waals surface area contributed by atoms with Crippen LogP contribution < -0.4 is 0 Å². The van der Waals surface area contributed by atoms with E-state index in [0.29, 0.717) is 23.1 Å². The lowest BCUT2D eigenvalue weighted by molar-refractivity contribution is 0.653. The lowest BCUT2D eigenvalue weighted by atomic mass is 9.98. The van der Waals surface area contributed by atoms with E-state index in [4.69, 9.17) is 28.8 Å². The summed E-state index contributed by atoms with van der Waals surface area (Å²) in [6.07, 6.45) is 0. The first-order valence-corrected chi connectivity index (χ1v) is 16.5. The van der Waals surface area contributed by atoms with Crippen LogP contribution in [0.3, 0.4) is 0 Å². The summed E-state index contributed by atoms with van der Waals surface area (Å²) in [4.78, 5) is 20.1. The van der Waals surface area contributed by atoms with Gasteiger partial charge in [0.05, 0.1) is 22.2 Å². The van der Waals surface area contributed by atoms with E-state index in [1.807, 2.05) is 97.1 Å². The van der Waals surface area contributed by atoms with Gasteiger partial charge in [0.2, 0.25) is 11.4 Å². The molecule has 0 radical (unpaired) electrons. The van der Waals surface area contributed by atoms with Crippen LogP contribution in [-0.2, 0) is 0 Å². The predicted molar refractivity (Wildman–Crippen MR) is 199 cm³/mol. The van der Waals surface area contributed by atoms with Gasteiger partial charge < -0.3 is 8.83 Å². The summed E-state index contributed by atoms with van der Waals surface area (Å²) in [7, 11) is 0. The molecule has 0 saturated heterocycles. The summed E-state index contributed by atoms with van der Waals surface area (Å²) in [5.74, 6) is 1.22. The first-order valence-electron chi connectivity index (χ1n) is 16.5. The van der Waals surface area contributed by atoms with Crippen LogP contribution in [0.2, 0.25) is 0 Å². The largest absolute Gasteiger partial charge is 0.438 e. The summed E-state index contributed by atoms with van der Waals surface area (Å²) < 4.78 is 12.6. The van der Waals surface area contributed by atoms with Gasteiger partial charge in [-0.25, -0.2) is 9.97 Å². The Kier molecular flexibility index (Phi) is 6.39. The SMILES string of the molecule is c1ccc(-c2nc(-c3cccc(-c4cccc(-c5nc(-c6ccccc6)c6c(n5)oc5ccccc56)c4)c3)c3c(n2)oc2ccccc23)cc1. The minimum Gasteiger partial charge on any atom is -0.438 e. The molecule has 0 aliphatic heterocycles. The maximum atomic E-state index is 6.29. The van der Waals surface area contributed by atoms with Gasteiger partial charge in [-0.1, -0.05) is 133 Å². The van der Waals surface area contributed by atoms with E-state index >= 15 is 0 Å². The molecule has 0 aliphatic rings. The molecular weight excluding hydrogens is 617 g/mol. The Bertz CT molecular complexity index is 2880. The molecule has 50 heavy (non-hydrogen) atoms. The first-order chi connectivity index (χ1) is 24.8. The van der Waals surface area contributed by atoms with Crippen LogP contribution in [0.25, 0.3) is 101 Å². The van der Waals surface area contributed by atoms with Gasteiger partial charge in [0.25, 0.3) is 0 Å². The molecule has 0 unspecified atom stereocenters. The minimum absolute atomic E-state index is 0.565. The molecule has 234 valence electrons. The Hall–Kier alpha value is -6.92. The van der Waals surface area contributed by atoms with Crippen LogP contribution >= 0.6 is 0 Å². The Labute approximate surface area is 286 Å². The second kappa shape index (κ2) is 11.4. The number of furan rings is 2. The molecule has 6 nitrogen and oxygen atoms in total. The molecular formula is C44H26N4O2. The van der Waals surface area contributed by atoms with Crippen molar-refractivity contribution < 1.29 is 8.83 Å². The molecule has 0 aliphatic carbocycles. The third kappa shape index (κ3) is 4.65. The van der Waals surface area contributed by atoms with E-state index in [1.165, 1.54) is 0 Å². The molecule has 0 bridgehead atoms. The molecule has 0 amide bonds. The van der Waals surface area contributed by atoms with Crippen molar-refractivity contribution in [2.45, 2.75) is 0 Å². The maximum Gasteiger partial charge on any atom is 0.231 e. The highest BCUT2D eigenvalue weighted by Gasteiger charge is 2.20. The third-order valence-electron chi connectivity index (χ3n) is 9.15. The van der Waals surface area contributed by atoms with Gasteiger partial charge in [-0.3, -0.25) is 0 Å². The van der Waals surface area contributed by atoms with Gasteiger partial charge in [0.15, 0.2) is 11.6 Å². The highest BCUT2D eigenvalue weighted by atomic mass is 16.3. The van der Waals surface area contributed by atoms with E-state index in [1.54, 1.807) is 0 Å². The van der Waals surface area contributed by atoms with E-state index in [-0.39, 0.29) is 0 Å². The van der Waals surface area contributed by atoms with E-state index in [0.717, 1.165) is 77.5 Å². The Morgan fingerprint density at radius 2 is 0.740 bits per heavy atom. The Balaban J connectivity index is 1.12. The summed E-state index contributed by atoms with van der Waals surface area (Å²) in [5, 5.41) is 3.79. The van der Waals surface area contributed by atoms with Crippen molar-refractivity contribution >= 4 is 44.1 Å². The van der Waals surface area contributed by atoms with Crippen molar-refractivity contribution in [3.63, 3.8) is 0 Å². The van der Waals surface area contributed by atoms with Crippen LogP contribution in [0.1, 0.15) is 0 Å². The van der Waals surface area contributed by atoms with Gasteiger partial charge in [-0.2, -0.15) is 9.97 Å². The lowest BCUT2D eigenvalue weighted by Crippen LogP contribution is -1.95. The molecule has 10 rings (SSSR count). The molecule has 0 saturated carbocycles. The standard InChI is InChI=1S/C44H26N4O2/c1-3-13-27(14-4-1)39-37-33-21-7-9-23-35(33)49-43(37)48-42(45-39)32-20-12-18-30(26-32)29-17-11-19-31(25-29)40-38-34-22-8-10-24-36(34)50-44(38)47-41(46-40)28-15-5-2-6-16-28/h1-26H. The molecule has 0 N–H and O–H groups in total. The van der Waals surface area contributed by atoms with Crippen LogP contribution in [0.15, 0.2) is 167 Å². The Morgan fingerprint density at radius 1 is 0.320 bits per heavy atom. The summed E-state index contributed by atoms with van der Waals surface area (Å²) in [6, 6.07) is 53.1. The van der Waals surface area contributed by atoms with E-state index in [2.05, 4.69) is 60.7 Å². The van der Waals surface area contributed by atoms with E-state index < -0.39 is 0 Å². The van der Waals surface area contributed by atoms with Crippen molar-refractivity contribution in [1.29, 1.82) is 0 Å². The number of rotatable bonds is 5. The van der Waals surface area contributed by atoms with Gasteiger partial charge in [-0.15, -0.1) is 0 Å². The highest BCUT2D eigenvalue weighted by molar-refractivity contribution is 6.11. The zero-order valence-corrected chi connectivity index (χ0v) is 26.6. The van der Waals surface area contributed by atoms with Crippen molar-refractivity contribution in [3.8, 4) is 56.4 Å². The van der Waals surface area contributed by atoms with Crippen molar-refractivity contribution in [1.82, 2.24) is 19.9 Å². The molecule has 10 aromatic rings. The number of fused-ring (bicyclic) bond motifs is 6. The molecule has 0 atom stereocenters. The second-order valence-electron chi connectivity index (χ2n) is 12.2. The maximum absolute atomic E-state index is 6.29. The average molecular weight is 643 g/mol. The zero-order valence-electron chi connectivity index (χ0n) is 26.6. The molecule has 4 aromatic heterocycles. The molecule has 6 aromatic carbocycles. The van der Waals surface area contributed by atoms with E-state index in [9.17, 15) is 0 Å². The van der Waals surface area contributed by atoms with Crippen molar-refractivity contribution in [2.24, 2.45) is 0 Å². The minimum atomic E-state index is 0.565. The van der Waals surface area contributed by atoms with Gasteiger partial charge in [-0.05, 0) is 35.4 Å². The molecule has 0 fully saturated rings. The topological polar surface area (TPSA) is 77.8 Å². The molecule has 0 spiro atoms. The number of para-hydroxylation sites is 2. The summed E-state index contributed by atoms with van der Waals surface area (Å²) >= 11 is 0. The molecule has 6 heteroatoms. The normalized spacial score (nSPS) is 11.6. The summed E-state index contributed by atoms with van der Waals surface area (Å²) in [6.45, 7) is 0. The average Bonchev–Trinajstić information content (AvgIpc) is 3.76. The molecule has 4 heterocycles. The van der Waals surface area contributed by atoms with Crippen molar-refractivity contribution in [3.05, 3.63) is 158 Å². The van der Waals surface area contributed by atoms with Gasteiger partial charge in [0, 0.05) is 33.0 Å². The van der Waals surface area contributed by atoms with Crippen LogP contribution in [-0.4, -0.2) is 19.9 Å². The fourth-order valence-corrected chi connectivity index (χ4v) is 6.79. The number of nitrogens with zero attached hydrogens (tertiary/aromatic N) is 4. The van der Waals surface area contributed by atoms with Crippen molar-refractivity contribution in [2.75, 3.05) is 0 Å². The quantitative estimate of drug-likeness (QED) is 0.186. The number of benzene rings is 6. The smallest absolute Gasteiger partial charge is 0.231 e. The summed E-state index contributed by atoms with van der Waals surface area (Å²) in [5.41, 5.74) is 10.2. The monoisotopic (exact) mass is 642 g/mol. The zero-order chi connectivity index (χ0) is 33.0. The first kappa shape index (κ1) is 28.1. The third-order valence-corrected chi connectivity index (χ3v) is 9.15. The Morgan fingerprint density at radius 3 is 1.34 bits per heavy atom. The highest BCUT2D eigenvalue weighted by Crippen LogP contribution is 2.39. The van der Waals surface area contributed by atoms with Gasteiger partial charge >= 0.3 is 0 Å². The van der Waals surface area contributed by atoms with Gasteiger partial charge in [0.1, 0.15) is 11.2 Å². The van der Waals surface area contributed by atoms with Crippen LogP contribution in [0, 0.1) is 0 Å². The fourth-order valence-electron chi connectivity index (χ4n) is 6.79. The fraction of sp³-hybridized carbons (Fsp3) is 0. The number of aromatic nitrogens is 4. The second-order valence-corrected chi connectivity index (χ2v) is 12.2. The number of hydrogen-bond donors (Lipinski definition) is 0.